The molecule has 0 unspecified atom stereocenters. The van der Waals surface area contributed by atoms with Gasteiger partial charge < -0.3 is 39.4 Å². The van der Waals surface area contributed by atoms with Gasteiger partial charge in [0.25, 0.3) is 0 Å². The first-order valence-corrected chi connectivity index (χ1v) is 10.3. The molecule has 1 aliphatic heterocycles. The Kier molecular flexibility index (Phi) is 8.43. The lowest BCUT2D eigenvalue weighted by Crippen LogP contribution is -2.60. The number of aliphatic hydroxyl groups is 4. The lowest BCUT2D eigenvalue weighted by molar-refractivity contribution is -0.277. The number of carbonyl (C=O) groups excluding carboxylic acids is 1. The summed E-state index contributed by atoms with van der Waals surface area (Å²) in [5, 5.41) is 39.8. The summed E-state index contributed by atoms with van der Waals surface area (Å²) in [7, 11) is 1.14. The van der Waals surface area contributed by atoms with Crippen LogP contribution in [-0.4, -0.2) is 77.6 Å². The van der Waals surface area contributed by atoms with Gasteiger partial charge in [0.2, 0.25) is 6.29 Å². The van der Waals surface area contributed by atoms with Crippen LogP contribution in [-0.2, 0) is 27.1 Å². The number of benzene rings is 2. The van der Waals surface area contributed by atoms with Crippen LogP contribution in [0.1, 0.15) is 16.7 Å². The molecule has 1 saturated heterocycles. The van der Waals surface area contributed by atoms with Gasteiger partial charge in [0.05, 0.1) is 7.11 Å². The van der Waals surface area contributed by atoms with E-state index in [1.807, 2.05) is 36.4 Å². The van der Waals surface area contributed by atoms with Crippen LogP contribution in [0.4, 0.5) is 4.79 Å². The van der Waals surface area contributed by atoms with Gasteiger partial charge in [-0.2, -0.15) is 0 Å². The summed E-state index contributed by atoms with van der Waals surface area (Å²) >= 11 is 0. The van der Waals surface area contributed by atoms with Crippen molar-refractivity contribution in [2.75, 3.05) is 20.3 Å². The molecule has 0 aliphatic carbocycles. The average molecular weight is 448 g/mol. The van der Waals surface area contributed by atoms with Crippen LogP contribution in [0.5, 0.6) is 5.75 Å². The molecule has 32 heavy (non-hydrogen) atoms. The van der Waals surface area contributed by atoms with Crippen molar-refractivity contribution < 1.29 is 44.2 Å². The highest BCUT2D eigenvalue weighted by Gasteiger charge is 2.45. The molecule has 5 atom stereocenters. The summed E-state index contributed by atoms with van der Waals surface area (Å²) in [4.78, 5) is 11.2. The maximum absolute atomic E-state index is 11.2. The second-order valence-corrected chi connectivity index (χ2v) is 7.47. The summed E-state index contributed by atoms with van der Waals surface area (Å²) in [6.07, 6.45) is -6.83. The fraction of sp³-hybridized carbons (Fsp3) is 0.435. The molecule has 0 amide bonds. The fourth-order valence-corrected chi connectivity index (χ4v) is 3.42. The third-order valence-electron chi connectivity index (χ3n) is 5.23. The van der Waals surface area contributed by atoms with E-state index in [0.29, 0.717) is 18.6 Å². The molecular weight excluding hydrogens is 420 g/mol. The van der Waals surface area contributed by atoms with E-state index in [2.05, 4.69) is 4.74 Å². The van der Waals surface area contributed by atoms with Gasteiger partial charge in [-0.15, -0.1) is 0 Å². The molecule has 174 valence electrons. The molecule has 0 aromatic heterocycles. The molecule has 4 N–H and O–H groups in total. The third-order valence-corrected chi connectivity index (χ3v) is 5.23. The van der Waals surface area contributed by atoms with Crippen molar-refractivity contribution in [3.8, 4) is 5.75 Å². The molecule has 9 nitrogen and oxygen atoms in total. The molecular formula is C23H28O9. The zero-order valence-electron chi connectivity index (χ0n) is 17.7. The van der Waals surface area contributed by atoms with Gasteiger partial charge in [0.15, 0.2) is 0 Å². The van der Waals surface area contributed by atoms with Gasteiger partial charge >= 0.3 is 6.16 Å². The molecule has 0 saturated carbocycles. The number of hydrogen-bond acceptors (Lipinski definition) is 9. The number of methoxy groups -OCH3 is 1. The molecule has 1 aliphatic rings. The molecule has 9 heteroatoms. The summed E-state index contributed by atoms with van der Waals surface area (Å²) in [6, 6.07) is 15.0. The second-order valence-electron chi connectivity index (χ2n) is 7.47. The van der Waals surface area contributed by atoms with Crippen LogP contribution >= 0.6 is 0 Å². The zero-order valence-corrected chi connectivity index (χ0v) is 17.7. The van der Waals surface area contributed by atoms with Crippen LogP contribution < -0.4 is 4.74 Å². The van der Waals surface area contributed by atoms with Crippen molar-refractivity contribution in [3.63, 3.8) is 0 Å². The number of carbonyl (C=O) groups is 1. The Bertz CT molecular complexity index is 870. The predicted octanol–water partition coefficient (Wildman–Crippen LogP) is 0.782. The second kappa shape index (κ2) is 11.3. The predicted molar refractivity (Wildman–Crippen MR) is 112 cm³/mol. The van der Waals surface area contributed by atoms with Gasteiger partial charge in [-0.3, -0.25) is 0 Å². The summed E-state index contributed by atoms with van der Waals surface area (Å²) < 4.78 is 20.6. The molecule has 3 rings (SSSR count). The monoisotopic (exact) mass is 448 g/mol. The molecule has 0 bridgehead atoms. The van der Waals surface area contributed by atoms with E-state index in [-0.39, 0.29) is 13.2 Å². The molecule has 1 heterocycles. The minimum absolute atomic E-state index is 0.0892. The molecule has 0 radical (unpaired) electrons. The maximum Gasteiger partial charge on any atom is 0.508 e. The summed E-state index contributed by atoms with van der Waals surface area (Å²) in [6.45, 7) is -0.300. The Balaban J connectivity index is 1.72. The zero-order chi connectivity index (χ0) is 23.1. The molecule has 0 spiro atoms. The topological polar surface area (TPSA) is 135 Å². The van der Waals surface area contributed by atoms with Gasteiger partial charge in [-0.25, -0.2) is 4.79 Å². The Morgan fingerprint density at radius 2 is 1.66 bits per heavy atom. The van der Waals surface area contributed by atoms with Crippen molar-refractivity contribution in [1.29, 1.82) is 0 Å². The Labute approximate surface area is 185 Å². The Morgan fingerprint density at radius 1 is 0.969 bits per heavy atom. The SMILES string of the molecule is COC(=O)OC[C@H]1O[C@@H](Oc2ccccc2Cc2ccc(CCO)cc2)[C@H](O)[C@@H](O)[C@@H]1O. The molecule has 2 aromatic carbocycles. The minimum atomic E-state index is -1.56. The first-order valence-electron chi connectivity index (χ1n) is 10.3. The van der Waals surface area contributed by atoms with Crippen molar-refractivity contribution in [1.82, 2.24) is 0 Å². The highest BCUT2D eigenvalue weighted by molar-refractivity contribution is 5.59. The first-order chi connectivity index (χ1) is 15.4. The Morgan fingerprint density at radius 3 is 2.34 bits per heavy atom. The van der Waals surface area contributed by atoms with Crippen LogP contribution in [0.15, 0.2) is 48.5 Å². The van der Waals surface area contributed by atoms with Crippen molar-refractivity contribution in [2.24, 2.45) is 0 Å². The van der Waals surface area contributed by atoms with Gasteiger partial charge in [0.1, 0.15) is 36.8 Å². The highest BCUT2D eigenvalue weighted by atomic mass is 16.7. The van der Waals surface area contributed by atoms with Crippen LogP contribution in [0.3, 0.4) is 0 Å². The third kappa shape index (κ3) is 5.96. The van der Waals surface area contributed by atoms with Crippen LogP contribution in [0.25, 0.3) is 0 Å². The lowest BCUT2D eigenvalue weighted by atomic mass is 9.99. The summed E-state index contributed by atoms with van der Waals surface area (Å²) in [5.41, 5.74) is 2.88. The van der Waals surface area contributed by atoms with Gasteiger partial charge in [-0.1, -0.05) is 42.5 Å². The normalized spacial score (nSPS) is 25.2. The Hall–Kier alpha value is -2.69. The van der Waals surface area contributed by atoms with Crippen molar-refractivity contribution in [2.45, 2.75) is 43.5 Å². The standard InChI is InChI=1S/C23H28O9/c1-29-23(28)30-13-18-19(25)20(26)21(27)22(32-18)31-17-5-3-2-4-16(17)12-15-8-6-14(7-9-15)10-11-24/h2-9,18-22,24-27H,10-13H2,1H3/t18-,19-,20+,21-,22-/m1/s1. The molecule has 1 fully saturated rings. The highest BCUT2D eigenvalue weighted by Crippen LogP contribution is 2.28. The van der Waals surface area contributed by atoms with E-state index in [1.165, 1.54) is 0 Å². The first kappa shape index (κ1) is 24.0. The van der Waals surface area contributed by atoms with Crippen LogP contribution in [0, 0.1) is 0 Å². The quantitative estimate of drug-likeness (QED) is 0.432. The number of aliphatic hydroxyl groups excluding tert-OH is 4. The van der Waals surface area contributed by atoms with E-state index in [9.17, 15) is 20.1 Å². The largest absolute Gasteiger partial charge is 0.508 e. The number of para-hydroxylation sites is 1. The summed E-state index contributed by atoms with van der Waals surface area (Å²) in [5.74, 6) is 0.437. The van der Waals surface area contributed by atoms with Gasteiger partial charge in [-0.05, 0) is 29.2 Å². The molecule has 2 aromatic rings. The maximum atomic E-state index is 11.2. The van der Waals surface area contributed by atoms with E-state index in [1.54, 1.807) is 12.1 Å². The van der Waals surface area contributed by atoms with E-state index in [4.69, 9.17) is 19.3 Å². The van der Waals surface area contributed by atoms with E-state index < -0.39 is 36.9 Å². The average Bonchev–Trinajstić information content (AvgIpc) is 2.81. The van der Waals surface area contributed by atoms with Crippen molar-refractivity contribution >= 4 is 6.16 Å². The number of ether oxygens (including phenoxy) is 4. The van der Waals surface area contributed by atoms with Crippen LogP contribution in [0.2, 0.25) is 0 Å². The smallest absolute Gasteiger partial charge is 0.462 e. The van der Waals surface area contributed by atoms with E-state index >= 15 is 0 Å². The number of rotatable bonds is 8. The lowest BCUT2D eigenvalue weighted by Gasteiger charge is -2.40. The fourth-order valence-electron chi connectivity index (χ4n) is 3.42. The van der Waals surface area contributed by atoms with E-state index in [0.717, 1.165) is 23.8 Å². The van der Waals surface area contributed by atoms with Gasteiger partial charge in [0, 0.05) is 13.0 Å². The number of hydrogen-bond donors (Lipinski definition) is 4. The van der Waals surface area contributed by atoms with Crippen molar-refractivity contribution in [3.05, 3.63) is 65.2 Å². The minimum Gasteiger partial charge on any atom is -0.462 e.